The molecular weight excluding hydrogens is 508 g/mol. The summed E-state index contributed by atoms with van der Waals surface area (Å²) in [7, 11) is -2.35. The van der Waals surface area contributed by atoms with Gasteiger partial charge in [0.2, 0.25) is 0 Å². The van der Waals surface area contributed by atoms with E-state index in [0.29, 0.717) is 12.4 Å². The van der Waals surface area contributed by atoms with Gasteiger partial charge in [0.25, 0.3) is 5.91 Å². The van der Waals surface area contributed by atoms with E-state index in [2.05, 4.69) is 24.4 Å². The molecular formula is C28H40N2O7S. The minimum Gasteiger partial charge on any atom is -0.497 e. The number of unbranched alkanes of at least 4 members (excludes halogenated alkanes) is 2. The van der Waals surface area contributed by atoms with Gasteiger partial charge in [-0.25, -0.2) is 13.9 Å². The van der Waals surface area contributed by atoms with E-state index in [0.717, 1.165) is 50.9 Å². The number of nitrogens with one attached hydrogen (secondary N) is 2. The lowest BCUT2D eigenvalue weighted by molar-refractivity contribution is -0.134. The highest BCUT2D eigenvalue weighted by Crippen LogP contribution is 2.35. The minimum atomic E-state index is -4.04. The molecule has 10 heteroatoms. The van der Waals surface area contributed by atoms with Crippen molar-refractivity contribution in [3.05, 3.63) is 53.6 Å². The summed E-state index contributed by atoms with van der Waals surface area (Å²) >= 11 is 0. The molecule has 1 amide bonds. The van der Waals surface area contributed by atoms with Crippen LogP contribution in [-0.2, 0) is 25.8 Å². The van der Waals surface area contributed by atoms with Crippen molar-refractivity contribution in [2.75, 3.05) is 40.0 Å². The molecule has 1 fully saturated rings. The Morgan fingerprint density at radius 3 is 2.37 bits per heavy atom. The molecule has 210 valence electrons. The van der Waals surface area contributed by atoms with Crippen LogP contribution in [-0.4, -0.2) is 64.3 Å². The molecule has 0 aliphatic carbocycles. The average Bonchev–Trinajstić information content (AvgIpc) is 2.95. The largest absolute Gasteiger partial charge is 0.497 e. The lowest BCUT2D eigenvalue weighted by Gasteiger charge is -2.34. The van der Waals surface area contributed by atoms with E-state index in [-0.39, 0.29) is 31.0 Å². The first-order valence-electron chi connectivity index (χ1n) is 13.2. The van der Waals surface area contributed by atoms with Gasteiger partial charge in [0, 0.05) is 13.2 Å². The highest BCUT2D eigenvalue weighted by Gasteiger charge is 2.52. The molecule has 0 aromatic heterocycles. The van der Waals surface area contributed by atoms with Crippen molar-refractivity contribution in [3.8, 4) is 11.5 Å². The van der Waals surface area contributed by atoms with E-state index in [1.165, 1.54) is 28.7 Å². The molecule has 3 N–H and O–H groups in total. The van der Waals surface area contributed by atoms with Crippen molar-refractivity contribution in [1.29, 1.82) is 0 Å². The number of benzene rings is 2. The van der Waals surface area contributed by atoms with Crippen molar-refractivity contribution in [3.63, 3.8) is 0 Å². The number of hydroxylamine groups is 1. The fourth-order valence-electron chi connectivity index (χ4n) is 4.65. The van der Waals surface area contributed by atoms with Gasteiger partial charge >= 0.3 is 0 Å². The Morgan fingerprint density at radius 1 is 1.00 bits per heavy atom. The molecule has 0 saturated carbocycles. The number of carbonyl (C=O) groups excluding carboxylic acids is 1. The summed E-state index contributed by atoms with van der Waals surface area (Å²) in [5.74, 6) is 0.544. The molecule has 0 unspecified atom stereocenters. The molecule has 1 aliphatic heterocycles. The Balaban J connectivity index is 1.34. The van der Waals surface area contributed by atoms with Crippen LogP contribution in [0.5, 0.6) is 11.5 Å². The average molecular weight is 549 g/mol. The van der Waals surface area contributed by atoms with E-state index < -0.39 is 20.5 Å². The van der Waals surface area contributed by atoms with Crippen LogP contribution < -0.4 is 20.3 Å². The maximum Gasteiger partial charge on any atom is 0.265 e. The monoisotopic (exact) mass is 548 g/mol. The first-order chi connectivity index (χ1) is 18.3. The summed E-state index contributed by atoms with van der Waals surface area (Å²) in [5, 5.41) is 12.6. The van der Waals surface area contributed by atoms with Crippen LogP contribution in [0.3, 0.4) is 0 Å². The van der Waals surface area contributed by atoms with Crippen LogP contribution in [0.4, 0.5) is 0 Å². The van der Waals surface area contributed by atoms with Crippen LogP contribution in [0.25, 0.3) is 0 Å². The molecule has 38 heavy (non-hydrogen) atoms. The fourth-order valence-corrected chi connectivity index (χ4v) is 6.59. The van der Waals surface area contributed by atoms with Crippen molar-refractivity contribution < 1.29 is 32.6 Å². The van der Waals surface area contributed by atoms with Crippen LogP contribution >= 0.6 is 0 Å². The van der Waals surface area contributed by atoms with Gasteiger partial charge in [-0.15, -0.1) is 0 Å². The third-order valence-electron chi connectivity index (χ3n) is 7.09. The summed E-state index contributed by atoms with van der Waals surface area (Å²) in [5.41, 5.74) is 4.14. The zero-order chi connectivity index (χ0) is 27.4. The standard InChI is InChI=1S/C28H40N2O7S/c1-22-8-9-25(35-2)21-23(22)7-6-17-29-16-4-3-5-18-37-24-10-12-26(13-11-24)38(33,34)28(27(31)30-32)14-19-36-20-15-28/h8-13,21,29,32H,3-7,14-20H2,1-2H3,(H,30,31). The maximum absolute atomic E-state index is 13.3. The molecule has 0 atom stereocenters. The number of hydrogen-bond donors (Lipinski definition) is 3. The van der Waals surface area contributed by atoms with Crippen LogP contribution in [0, 0.1) is 6.92 Å². The first-order valence-corrected chi connectivity index (χ1v) is 14.7. The molecule has 1 saturated heterocycles. The molecule has 0 bridgehead atoms. The Hall–Kier alpha value is -2.66. The lowest BCUT2D eigenvalue weighted by atomic mass is 9.98. The fraction of sp³-hybridized carbons (Fsp3) is 0.536. The second kappa shape index (κ2) is 14.5. The van der Waals surface area contributed by atoms with Gasteiger partial charge in [-0.3, -0.25) is 10.0 Å². The van der Waals surface area contributed by atoms with Crippen molar-refractivity contribution in [1.82, 2.24) is 10.8 Å². The number of rotatable bonds is 15. The van der Waals surface area contributed by atoms with Gasteiger partial charge in [0.05, 0.1) is 18.6 Å². The summed E-state index contributed by atoms with van der Waals surface area (Å²) in [6.07, 6.45) is 5.03. The van der Waals surface area contributed by atoms with E-state index in [4.69, 9.17) is 19.4 Å². The smallest absolute Gasteiger partial charge is 0.265 e. The minimum absolute atomic E-state index is 0.0167. The van der Waals surface area contributed by atoms with E-state index in [9.17, 15) is 13.2 Å². The predicted octanol–water partition coefficient (Wildman–Crippen LogP) is 3.60. The van der Waals surface area contributed by atoms with Crippen molar-refractivity contribution in [2.45, 2.75) is 61.5 Å². The zero-order valence-electron chi connectivity index (χ0n) is 22.3. The Bertz CT molecular complexity index is 1130. The quantitative estimate of drug-likeness (QED) is 0.175. The van der Waals surface area contributed by atoms with Crippen LogP contribution in [0.15, 0.2) is 47.4 Å². The normalized spacial score (nSPS) is 15.1. The number of hydrogen-bond acceptors (Lipinski definition) is 8. The topological polar surface area (TPSA) is 123 Å². The SMILES string of the molecule is COc1ccc(C)c(CCCNCCCCCOc2ccc(S(=O)(=O)C3(C(=O)NO)CCOCC3)cc2)c1. The summed E-state index contributed by atoms with van der Waals surface area (Å²) < 4.78 is 41.1. The van der Waals surface area contributed by atoms with Gasteiger partial charge in [0.1, 0.15) is 11.5 Å². The zero-order valence-corrected chi connectivity index (χ0v) is 23.1. The number of ether oxygens (including phenoxy) is 3. The lowest BCUT2D eigenvalue weighted by Crippen LogP contribution is -2.54. The number of amides is 1. The highest BCUT2D eigenvalue weighted by atomic mass is 32.2. The number of carbonyl (C=O) groups is 1. The highest BCUT2D eigenvalue weighted by molar-refractivity contribution is 7.93. The summed E-state index contributed by atoms with van der Waals surface area (Å²) in [6.45, 7) is 4.85. The Morgan fingerprint density at radius 2 is 1.68 bits per heavy atom. The van der Waals surface area contributed by atoms with Crippen molar-refractivity contribution in [2.24, 2.45) is 0 Å². The maximum atomic E-state index is 13.3. The first kappa shape index (κ1) is 29.9. The van der Waals surface area contributed by atoms with Crippen LogP contribution in [0.2, 0.25) is 0 Å². The Labute approximate surface area is 225 Å². The molecule has 1 heterocycles. The van der Waals surface area contributed by atoms with Gasteiger partial charge < -0.3 is 19.5 Å². The van der Waals surface area contributed by atoms with Gasteiger partial charge in [0.15, 0.2) is 14.6 Å². The predicted molar refractivity (Wildman–Crippen MR) is 145 cm³/mol. The van der Waals surface area contributed by atoms with Crippen molar-refractivity contribution >= 4 is 15.7 Å². The number of methoxy groups -OCH3 is 1. The van der Waals surface area contributed by atoms with Crippen LogP contribution in [0.1, 0.15) is 49.7 Å². The molecule has 2 aromatic rings. The second-order valence-corrected chi connectivity index (χ2v) is 11.8. The molecule has 0 spiro atoms. The van der Waals surface area contributed by atoms with E-state index in [1.807, 2.05) is 6.07 Å². The van der Waals surface area contributed by atoms with Gasteiger partial charge in [-0.1, -0.05) is 6.07 Å². The van der Waals surface area contributed by atoms with E-state index >= 15 is 0 Å². The number of aryl methyl sites for hydroxylation is 2. The number of sulfone groups is 1. The summed E-state index contributed by atoms with van der Waals surface area (Å²) in [6, 6.07) is 12.3. The molecule has 1 aliphatic rings. The van der Waals surface area contributed by atoms with Gasteiger partial charge in [-0.2, -0.15) is 0 Å². The molecule has 9 nitrogen and oxygen atoms in total. The van der Waals surface area contributed by atoms with E-state index in [1.54, 1.807) is 19.2 Å². The van der Waals surface area contributed by atoms with Gasteiger partial charge in [-0.05, 0) is 112 Å². The Kier molecular flexibility index (Phi) is 11.4. The molecule has 2 aromatic carbocycles. The third-order valence-corrected chi connectivity index (χ3v) is 9.60. The second-order valence-electron chi connectivity index (χ2n) is 9.58. The molecule has 3 rings (SSSR count). The third kappa shape index (κ3) is 7.47. The summed E-state index contributed by atoms with van der Waals surface area (Å²) in [4.78, 5) is 12.4. The molecule has 0 radical (unpaired) electrons.